The first-order valence-electron chi connectivity index (χ1n) is 6.02. The summed E-state index contributed by atoms with van der Waals surface area (Å²) in [6.07, 6.45) is 0. The molecule has 2 rings (SSSR count). The molecule has 0 spiro atoms. The van der Waals surface area contributed by atoms with E-state index in [0.29, 0.717) is 6.61 Å². The Morgan fingerprint density at radius 2 is 1.56 bits per heavy atom. The summed E-state index contributed by atoms with van der Waals surface area (Å²) in [6.45, 7) is 6.89. The van der Waals surface area contributed by atoms with Crippen LogP contribution >= 0.6 is 15.9 Å². The predicted octanol–water partition coefficient (Wildman–Crippen LogP) is 4.95. The Morgan fingerprint density at radius 1 is 0.944 bits per heavy atom. The van der Waals surface area contributed by atoms with Gasteiger partial charge in [0.1, 0.15) is 12.4 Å². The van der Waals surface area contributed by atoms with Gasteiger partial charge in [-0.2, -0.15) is 0 Å². The first-order chi connectivity index (χ1) is 8.58. The highest BCUT2D eigenvalue weighted by molar-refractivity contribution is 9.10. The molecule has 1 nitrogen and oxygen atoms in total. The summed E-state index contributed by atoms with van der Waals surface area (Å²) in [4.78, 5) is 0. The van der Waals surface area contributed by atoms with E-state index in [-0.39, 0.29) is 0 Å². The largest absolute Gasteiger partial charge is 0.489 e. The van der Waals surface area contributed by atoms with Gasteiger partial charge in [0.05, 0.1) is 0 Å². The first kappa shape index (κ1) is 13.2. The van der Waals surface area contributed by atoms with Crippen molar-refractivity contribution in [1.82, 2.24) is 0 Å². The number of hydrogen-bond acceptors (Lipinski definition) is 1. The van der Waals surface area contributed by atoms with Crippen LogP contribution in [0.5, 0.6) is 5.75 Å². The maximum absolute atomic E-state index is 5.87. The molecule has 0 amide bonds. The standard InChI is InChI=1S/C16H17BrO/c1-11-6-4-5-7-14(11)10-18-15-8-12(2)16(17)13(3)9-15/h4-9H,10H2,1-3H3. The van der Waals surface area contributed by atoms with E-state index in [9.17, 15) is 0 Å². The second-order valence-corrected chi connectivity index (χ2v) is 5.38. The van der Waals surface area contributed by atoms with Crippen LogP contribution in [0.3, 0.4) is 0 Å². The third kappa shape index (κ3) is 2.94. The van der Waals surface area contributed by atoms with Crippen molar-refractivity contribution in [3.63, 3.8) is 0 Å². The van der Waals surface area contributed by atoms with Crippen LogP contribution in [0.1, 0.15) is 22.3 Å². The zero-order valence-corrected chi connectivity index (χ0v) is 12.5. The maximum Gasteiger partial charge on any atom is 0.120 e. The molecule has 94 valence electrons. The zero-order valence-electron chi connectivity index (χ0n) is 11.0. The second kappa shape index (κ2) is 5.57. The molecule has 2 heteroatoms. The van der Waals surface area contributed by atoms with Crippen LogP contribution in [0.2, 0.25) is 0 Å². The monoisotopic (exact) mass is 304 g/mol. The topological polar surface area (TPSA) is 9.23 Å². The van der Waals surface area contributed by atoms with Gasteiger partial charge in [0.25, 0.3) is 0 Å². The molecule has 0 fully saturated rings. The van der Waals surface area contributed by atoms with Crippen molar-refractivity contribution in [2.75, 3.05) is 0 Å². The van der Waals surface area contributed by atoms with Gasteiger partial charge in [-0.3, -0.25) is 0 Å². The van der Waals surface area contributed by atoms with Crippen LogP contribution < -0.4 is 4.74 Å². The highest BCUT2D eigenvalue weighted by atomic mass is 79.9. The number of aryl methyl sites for hydroxylation is 3. The lowest BCUT2D eigenvalue weighted by Gasteiger charge is -2.11. The first-order valence-corrected chi connectivity index (χ1v) is 6.81. The Balaban J connectivity index is 2.14. The molecule has 0 saturated heterocycles. The van der Waals surface area contributed by atoms with Crippen molar-refractivity contribution in [3.8, 4) is 5.75 Å². The molecule has 2 aromatic rings. The molecule has 0 aromatic heterocycles. The summed E-state index contributed by atoms with van der Waals surface area (Å²) in [5, 5.41) is 0. The van der Waals surface area contributed by atoms with Crippen molar-refractivity contribution in [2.24, 2.45) is 0 Å². The Kier molecular flexibility index (Phi) is 4.07. The van der Waals surface area contributed by atoms with Crippen molar-refractivity contribution in [2.45, 2.75) is 27.4 Å². The summed E-state index contributed by atoms with van der Waals surface area (Å²) >= 11 is 3.57. The molecule has 18 heavy (non-hydrogen) atoms. The van der Waals surface area contributed by atoms with Gasteiger partial charge in [0, 0.05) is 4.47 Å². The smallest absolute Gasteiger partial charge is 0.120 e. The molecule has 2 aromatic carbocycles. The van der Waals surface area contributed by atoms with Crippen molar-refractivity contribution < 1.29 is 4.74 Å². The Bertz CT molecular complexity index is 538. The average molecular weight is 305 g/mol. The van der Waals surface area contributed by atoms with Gasteiger partial charge in [0.2, 0.25) is 0 Å². The van der Waals surface area contributed by atoms with E-state index in [1.165, 1.54) is 22.3 Å². The fourth-order valence-corrected chi connectivity index (χ4v) is 2.15. The van der Waals surface area contributed by atoms with E-state index >= 15 is 0 Å². The quantitative estimate of drug-likeness (QED) is 0.779. The minimum Gasteiger partial charge on any atom is -0.489 e. The van der Waals surface area contributed by atoms with E-state index in [2.05, 4.69) is 61.0 Å². The molecular weight excluding hydrogens is 288 g/mol. The van der Waals surface area contributed by atoms with Crippen LogP contribution in [0.25, 0.3) is 0 Å². The molecule has 0 aliphatic rings. The molecule has 0 bridgehead atoms. The second-order valence-electron chi connectivity index (χ2n) is 4.59. The van der Waals surface area contributed by atoms with Gasteiger partial charge in [-0.15, -0.1) is 0 Å². The minimum absolute atomic E-state index is 0.618. The average Bonchev–Trinajstić information content (AvgIpc) is 2.35. The highest BCUT2D eigenvalue weighted by Crippen LogP contribution is 2.26. The van der Waals surface area contributed by atoms with Crippen LogP contribution in [-0.4, -0.2) is 0 Å². The Labute approximate surface area is 117 Å². The van der Waals surface area contributed by atoms with E-state index in [1.54, 1.807) is 0 Å². The van der Waals surface area contributed by atoms with Gasteiger partial charge >= 0.3 is 0 Å². The van der Waals surface area contributed by atoms with Gasteiger partial charge in [0.15, 0.2) is 0 Å². The number of rotatable bonds is 3. The van der Waals surface area contributed by atoms with Gasteiger partial charge in [-0.05, 0) is 55.2 Å². The van der Waals surface area contributed by atoms with Crippen LogP contribution in [0.15, 0.2) is 40.9 Å². The fourth-order valence-electron chi connectivity index (χ4n) is 1.92. The summed E-state index contributed by atoms with van der Waals surface area (Å²) < 4.78 is 7.03. The van der Waals surface area contributed by atoms with Crippen molar-refractivity contribution >= 4 is 15.9 Å². The van der Waals surface area contributed by atoms with Gasteiger partial charge in [-0.25, -0.2) is 0 Å². The molecule has 0 radical (unpaired) electrons. The minimum atomic E-state index is 0.618. The Morgan fingerprint density at radius 3 is 2.17 bits per heavy atom. The third-order valence-electron chi connectivity index (χ3n) is 3.07. The molecule has 0 aliphatic heterocycles. The van der Waals surface area contributed by atoms with E-state index in [0.717, 1.165) is 10.2 Å². The van der Waals surface area contributed by atoms with Crippen molar-refractivity contribution in [1.29, 1.82) is 0 Å². The molecule has 0 atom stereocenters. The van der Waals surface area contributed by atoms with Crippen molar-refractivity contribution in [3.05, 3.63) is 63.1 Å². The van der Waals surface area contributed by atoms with E-state index in [1.807, 2.05) is 12.1 Å². The number of halogens is 1. The molecule has 0 aliphatic carbocycles. The molecule has 0 heterocycles. The predicted molar refractivity (Wildman–Crippen MR) is 79.1 cm³/mol. The van der Waals surface area contributed by atoms with Gasteiger partial charge in [-0.1, -0.05) is 40.2 Å². The lowest BCUT2D eigenvalue weighted by molar-refractivity contribution is 0.305. The molecule has 0 saturated carbocycles. The van der Waals surface area contributed by atoms with Crippen LogP contribution in [0, 0.1) is 20.8 Å². The summed E-state index contributed by atoms with van der Waals surface area (Å²) in [6, 6.07) is 12.4. The lowest BCUT2D eigenvalue weighted by atomic mass is 10.1. The summed E-state index contributed by atoms with van der Waals surface area (Å²) in [5.41, 5.74) is 4.91. The number of ether oxygens (including phenoxy) is 1. The number of benzene rings is 2. The zero-order chi connectivity index (χ0) is 13.1. The molecule has 0 N–H and O–H groups in total. The fraction of sp³-hybridized carbons (Fsp3) is 0.250. The van der Waals surface area contributed by atoms with Crippen LogP contribution in [-0.2, 0) is 6.61 Å². The number of hydrogen-bond donors (Lipinski definition) is 0. The van der Waals surface area contributed by atoms with Gasteiger partial charge < -0.3 is 4.74 Å². The van der Waals surface area contributed by atoms with Crippen LogP contribution in [0.4, 0.5) is 0 Å². The van der Waals surface area contributed by atoms with E-state index < -0.39 is 0 Å². The van der Waals surface area contributed by atoms with E-state index in [4.69, 9.17) is 4.74 Å². The Hall–Kier alpha value is -1.28. The lowest BCUT2D eigenvalue weighted by Crippen LogP contribution is -1.98. The molecular formula is C16H17BrO. The summed E-state index contributed by atoms with van der Waals surface area (Å²) in [5.74, 6) is 0.927. The normalized spacial score (nSPS) is 10.4. The SMILES string of the molecule is Cc1ccccc1COc1cc(C)c(Br)c(C)c1. The molecule has 0 unspecified atom stereocenters. The third-order valence-corrected chi connectivity index (χ3v) is 4.32. The maximum atomic E-state index is 5.87. The highest BCUT2D eigenvalue weighted by Gasteiger charge is 2.04. The summed E-state index contributed by atoms with van der Waals surface area (Å²) in [7, 11) is 0.